The van der Waals surface area contributed by atoms with Crippen LogP contribution < -0.4 is 0 Å². The molecule has 0 saturated carbocycles. The summed E-state index contributed by atoms with van der Waals surface area (Å²) in [5.41, 5.74) is 7.91. The lowest BCUT2D eigenvalue weighted by molar-refractivity contribution is 0.196. The number of piperidine rings is 1. The van der Waals surface area contributed by atoms with E-state index in [-0.39, 0.29) is 0 Å². The van der Waals surface area contributed by atoms with Gasteiger partial charge in [0.2, 0.25) is 0 Å². The number of rotatable bonds is 4. The van der Waals surface area contributed by atoms with Crippen molar-refractivity contribution in [3.05, 3.63) is 52.0 Å². The van der Waals surface area contributed by atoms with Crippen LogP contribution in [0.3, 0.4) is 0 Å². The zero-order valence-corrected chi connectivity index (χ0v) is 16.8. The predicted octanol–water partition coefficient (Wildman–Crippen LogP) is 3.84. The first-order chi connectivity index (χ1) is 13.7. The third-order valence-electron chi connectivity index (χ3n) is 5.30. The van der Waals surface area contributed by atoms with Crippen molar-refractivity contribution in [2.75, 3.05) is 13.1 Å². The van der Waals surface area contributed by atoms with Crippen LogP contribution >= 0.6 is 11.3 Å². The summed E-state index contributed by atoms with van der Waals surface area (Å²) in [5.74, 6) is 1.10. The minimum absolute atomic E-state index is 0.345. The van der Waals surface area contributed by atoms with Crippen molar-refractivity contribution >= 4 is 17.0 Å². The summed E-state index contributed by atoms with van der Waals surface area (Å²) in [6.07, 6.45) is 4.17. The highest BCUT2D eigenvalue weighted by atomic mass is 32.1. The Morgan fingerprint density at radius 1 is 1.21 bits per heavy atom. The summed E-state index contributed by atoms with van der Waals surface area (Å²) >= 11 is 1.65. The van der Waals surface area contributed by atoms with Crippen LogP contribution in [0, 0.1) is 13.8 Å². The first kappa shape index (κ1) is 17.5. The lowest BCUT2D eigenvalue weighted by atomic mass is 9.91. The predicted molar refractivity (Wildman–Crippen MR) is 107 cm³/mol. The summed E-state index contributed by atoms with van der Waals surface area (Å²) in [6, 6.07) is 3.99. The van der Waals surface area contributed by atoms with E-state index in [9.17, 15) is 0 Å². The highest BCUT2D eigenvalue weighted by molar-refractivity contribution is 7.07. The van der Waals surface area contributed by atoms with Crippen molar-refractivity contribution in [3.8, 4) is 11.3 Å². The molecule has 1 unspecified atom stereocenters. The quantitative estimate of drug-likeness (QED) is 0.524. The third-order valence-corrected chi connectivity index (χ3v) is 5.93. The molecule has 0 aromatic carbocycles. The normalized spacial score (nSPS) is 18.1. The molecule has 0 radical (unpaired) electrons. The van der Waals surface area contributed by atoms with Crippen LogP contribution in [-0.2, 0) is 6.54 Å². The third kappa shape index (κ3) is 3.22. The van der Waals surface area contributed by atoms with Gasteiger partial charge in [-0.1, -0.05) is 5.16 Å². The number of fused-ring (bicyclic) bond motifs is 1. The van der Waals surface area contributed by atoms with Crippen LogP contribution in [0.5, 0.6) is 0 Å². The standard InChI is InChI=1S/C20H22N6OS/c1-13-7-19-21-8-17(18-6-14(2)24-27-18)20(26(19)23-13)15-4-3-5-25(9-15)10-16-11-28-12-22-16/h6-8,11-12,15H,3-5,9-10H2,1-2H3. The Morgan fingerprint density at radius 3 is 2.93 bits per heavy atom. The number of likely N-dealkylation sites (tertiary alicyclic amines) is 1. The van der Waals surface area contributed by atoms with E-state index in [4.69, 9.17) is 9.62 Å². The fraction of sp³-hybridized carbons (Fsp3) is 0.400. The van der Waals surface area contributed by atoms with Gasteiger partial charge in [-0.05, 0) is 33.2 Å². The molecule has 144 valence electrons. The van der Waals surface area contributed by atoms with Crippen molar-refractivity contribution in [2.24, 2.45) is 0 Å². The van der Waals surface area contributed by atoms with Crippen LogP contribution in [0.1, 0.15) is 41.5 Å². The molecule has 0 N–H and O–H groups in total. The molecule has 1 fully saturated rings. The minimum atomic E-state index is 0.345. The Morgan fingerprint density at radius 2 is 2.14 bits per heavy atom. The molecule has 1 atom stereocenters. The highest BCUT2D eigenvalue weighted by Gasteiger charge is 2.28. The van der Waals surface area contributed by atoms with Gasteiger partial charge in [0.25, 0.3) is 0 Å². The van der Waals surface area contributed by atoms with Gasteiger partial charge in [-0.3, -0.25) is 4.90 Å². The molecule has 0 aliphatic carbocycles. The van der Waals surface area contributed by atoms with E-state index in [1.807, 2.05) is 42.2 Å². The van der Waals surface area contributed by atoms with Crippen LogP contribution in [-0.4, -0.2) is 42.7 Å². The molecule has 4 aromatic heterocycles. The summed E-state index contributed by atoms with van der Waals surface area (Å²) in [4.78, 5) is 11.6. The summed E-state index contributed by atoms with van der Waals surface area (Å²) in [6.45, 7) is 6.90. The number of hydrogen-bond donors (Lipinski definition) is 0. The highest BCUT2D eigenvalue weighted by Crippen LogP contribution is 2.35. The van der Waals surface area contributed by atoms with E-state index < -0.39 is 0 Å². The van der Waals surface area contributed by atoms with Crippen molar-refractivity contribution in [2.45, 2.75) is 39.2 Å². The minimum Gasteiger partial charge on any atom is -0.356 e. The molecule has 0 bridgehead atoms. The van der Waals surface area contributed by atoms with Crippen molar-refractivity contribution < 1.29 is 4.52 Å². The fourth-order valence-corrected chi connectivity index (χ4v) is 4.66. The number of thiazole rings is 1. The molecule has 5 rings (SSSR count). The molecule has 0 spiro atoms. The monoisotopic (exact) mass is 394 g/mol. The lowest BCUT2D eigenvalue weighted by Crippen LogP contribution is -2.35. The number of aryl methyl sites for hydroxylation is 2. The molecule has 4 aromatic rings. The molecule has 5 heterocycles. The van der Waals surface area contributed by atoms with Crippen molar-refractivity contribution in [1.82, 2.24) is 29.6 Å². The molecule has 7 nitrogen and oxygen atoms in total. The van der Waals surface area contributed by atoms with Crippen molar-refractivity contribution in [3.63, 3.8) is 0 Å². The van der Waals surface area contributed by atoms with Gasteiger partial charge in [0, 0.05) is 42.7 Å². The maximum Gasteiger partial charge on any atom is 0.170 e. The van der Waals surface area contributed by atoms with Gasteiger partial charge < -0.3 is 4.52 Å². The topological polar surface area (TPSA) is 72.3 Å². The largest absolute Gasteiger partial charge is 0.356 e. The van der Waals surface area contributed by atoms with Gasteiger partial charge in [0.1, 0.15) is 0 Å². The van der Waals surface area contributed by atoms with E-state index in [0.717, 1.165) is 72.2 Å². The molecule has 1 aliphatic rings. The summed E-state index contributed by atoms with van der Waals surface area (Å²) in [7, 11) is 0. The Balaban J connectivity index is 1.56. The zero-order chi connectivity index (χ0) is 19.1. The Bertz CT molecular complexity index is 1100. The van der Waals surface area contributed by atoms with Gasteiger partial charge in [0.15, 0.2) is 11.4 Å². The first-order valence-corrected chi connectivity index (χ1v) is 10.5. The maximum absolute atomic E-state index is 5.60. The van der Waals surface area contributed by atoms with Gasteiger partial charge in [-0.25, -0.2) is 14.5 Å². The van der Waals surface area contributed by atoms with Crippen LogP contribution in [0.2, 0.25) is 0 Å². The Labute approximate surface area is 167 Å². The van der Waals surface area contributed by atoms with E-state index in [1.54, 1.807) is 11.3 Å². The van der Waals surface area contributed by atoms with Crippen molar-refractivity contribution in [1.29, 1.82) is 0 Å². The lowest BCUT2D eigenvalue weighted by Gasteiger charge is -2.33. The molecule has 28 heavy (non-hydrogen) atoms. The molecule has 1 aliphatic heterocycles. The number of nitrogens with zero attached hydrogens (tertiary/aromatic N) is 6. The smallest absolute Gasteiger partial charge is 0.170 e. The SMILES string of the molecule is Cc1cc(-c2cnc3cc(C)nn3c2C2CCCN(Cc3cscn3)C2)on1. The van der Waals surface area contributed by atoms with E-state index in [0.29, 0.717) is 5.92 Å². The maximum atomic E-state index is 5.60. The van der Waals surface area contributed by atoms with Gasteiger partial charge in [-0.15, -0.1) is 11.3 Å². The van der Waals surface area contributed by atoms with Gasteiger partial charge in [0.05, 0.1) is 33.8 Å². The van der Waals surface area contributed by atoms with E-state index >= 15 is 0 Å². The van der Waals surface area contributed by atoms with Gasteiger partial charge >= 0.3 is 0 Å². The fourth-order valence-electron chi connectivity index (χ4n) is 4.11. The van der Waals surface area contributed by atoms with Gasteiger partial charge in [-0.2, -0.15) is 5.10 Å². The molecule has 8 heteroatoms. The summed E-state index contributed by atoms with van der Waals surface area (Å²) in [5, 5.41) is 11.0. The second-order valence-corrected chi connectivity index (χ2v) is 8.22. The molecule has 0 amide bonds. The molecular formula is C20H22N6OS. The van der Waals surface area contributed by atoms with E-state index in [2.05, 4.69) is 25.4 Å². The zero-order valence-electron chi connectivity index (χ0n) is 16.0. The average Bonchev–Trinajstić information content (AvgIpc) is 3.41. The Kier molecular flexibility index (Phi) is 4.44. The average molecular weight is 395 g/mol. The first-order valence-electron chi connectivity index (χ1n) is 9.56. The van der Waals surface area contributed by atoms with Crippen LogP contribution in [0.15, 0.2) is 33.7 Å². The Hall–Kier alpha value is -2.58. The second kappa shape index (κ2) is 7.10. The number of aromatic nitrogens is 5. The second-order valence-electron chi connectivity index (χ2n) is 7.50. The van der Waals surface area contributed by atoms with Crippen LogP contribution in [0.25, 0.3) is 17.0 Å². The molecule has 1 saturated heterocycles. The van der Waals surface area contributed by atoms with E-state index in [1.165, 1.54) is 0 Å². The summed E-state index contributed by atoms with van der Waals surface area (Å²) < 4.78 is 7.60. The van der Waals surface area contributed by atoms with Crippen LogP contribution in [0.4, 0.5) is 0 Å². The molecular weight excluding hydrogens is 372 g/mol. The number of hydrogen-bond acceptors (Lipinski definition) is 7.